The van der Waals surface area contributed by atoms with Crippen LogP contribution in [0.4, 0.5) is 0 Å². The van der Waals surface area contributed by atoms with Gasteiger partial charge in [0.1, 0.15) is 5.78 Å². The summed E-state index contributed by atoms with van der Waals surface area (Å²) in [7, 11) is 2.01. The maximum Gasteiger partial charge on any atom is 0.141 e. The minimum atomic E-state index is -0.0336. The summed E-state index contributed by atoms with van der Waals surface area (Å²) in [4.78, 5) is 14.2. The summed E-state index contributed by atoms with van der Waals surface area (Å²) in [5.74, 6) is 0.281. The highest BCUT2D eigenvalue weighted by Gasteiger charge is 2.21. The number of nitrogens with zero attached hydrogens (tertiary/aromatic N) is 1. The predicted octanol–water partition coefficient (Wildman–Crippen LogP) is 5.05. The molecular weight excluding hydrogens is 258 g/mol. The van der Waals surface area contributed by atoms with Crippen molar-refractivity contribution in [3.05, 3.63) is 48.2 Å². The second-order valence-electron chi connectivity index (χ2n) is 5.01. The van der Waals surface area contributed by atoms with Crippen LogP contribution in [0.15, 0.2) is 42.6 Å². The van der Waals surface area contributed by atoms with Crippen molar-refractivity contribution in [2.45, 2.75) is 53.5 Å². The first-order valence-electron chi connectivity index (χ1n) is 8.06. The van der Waals surface area contributed by atoms with E-state index < -0.39 is 0 Å². The number of Topliss-reactive ketones (excluding diaryl/α,β-unsaturated/α-hetero) is 1. The molecule has 0 saturated heterocycles. The summed E-state index contributed by atoms with van der Waals surface area (Å²) in [6, 6.07) is 10.3. The molecule has 0 aliphatic heterocycles. The molecule has 0 amide bonds. The Labute approximate surface area is 130 Å². The third kappa shape index (κ3) is 6.61. The van der Waals surface area contributed by atoms with Crippen molar-refractivity contribution in [2.75, 3.05) is 7.05 Å². The van der Waals surface area contributed by atoms with Crippen LogP contribution in [-0.4, -0.2) is 17.7 Å². The number of carbonyl (C=O) groups excluding carboxylic acids is 1. The van der Waals surface area contributed by atoms with Gasteiger partial charge in [0.05, 0.1) is 5.92 Å². The van der Waals surface area contributed by atoms with E-state index in [-0.39, 0.29) is 5.92 Å². The average molecular weight is 289 g/mol. The van der Waals surface area contributed by atoms with Gasteiger partial charge in [-0.2, -0.15) is 0 Å². The highest BCUT2D eigenvalue weighted by molar-refractivity contribution is 5.83. The number of allylic oxidation sites excluding steroid dienone is 1. The number of hydrogen-bond donors (Lipinski definition) is 0. The quantitative estimate of drug-likeness (QED) is 0.667. The van der Waals surface area contributed by atoms with Crippen molar-refractivity contribution in [3.63, 3.8) is 0 Å². The number of benzene rings is 1. The topological polar surface area (TPSA) is 20.3 Å². The smallest absolute Gasteiger partial charge is 0.141 e. The van der Waals surface area contributed by atoms with Crippen molar-refractivity contribution in [3.8, 4) is 0 Å². The van der Waals surface area contributed by atoms with Gasteiger partial charge in [0, 0.05) is 25.7 Å². The molecule has 0 aliphatic carbocycles. The molecule has 0 fully saturated rings. The molecule has 0 heterocycles. The zero-order valence-electron chi connectivity index (χ0n) is 14.4. The maximum absolute atomic E-state index is 12.1. The van der Waals surface area contributed by atoms with E-state index in [9.17, 15) is 4.79 Å². The number of hydrogen-bond acceptors (Lipinski definition) is 2. The maximum atomic E-state index is 12.1. The number of rotatable bonds is 8. The lowest BCUT2D eigenvalue weighted by molar-refractivity contribution is -0.122. The van der Waals surface area contributed by atoms with Gasteiger partial charge in [-0.1, -0.05) is 64.6 Å². The van der Waals surface area contributed by atoms with E-state index in [2.05, 4.69) is 30.5 Å². The van der Waals surface area contributed by atoms with Crippen LogP contribution >= 0.6 is 0 Å². The third-order valence-corrected chi connectivity index (χ3v) is 3.45. The van der Waals surface area contributed by atoms with E-state index in [0.717, 1.165) is 25.1 Å². The lowest BCUT2D eigenvalue weighted by atomic mass is 9.94. The summed E-state index contributed by atoms with van der Waals surface area (Å²) in [5, 5.41) is 0. The van der Waals surface area contributed by atoms with Gasteiger partial charge in [-0.05, 0) is 18.4 Å². The molecule has 0 spiro atoms. The molecule has 2 nitrogen and oxygen atoms in total. The van der Waals surface area contributed by atoms with E-state index in [0.29, 0.717) is 12.2 Å². The average Bonchev–Trinajstić information content (AvgIpc) is 2.51. The lowest BCUT2D eigenvalue weighted by Crippen LogP contribution is -2.27. The standard InChI is InChI=1S/C17H25NO.C2H6/c1-5-10-17(19)16(6-2)14(3)18(4)13-15-11-8-7-9-12-15;1-2/h7-9,11-12,16H,3,5-6,10,13H2,1-2,4H3;1-2H3. The Morgan fingerprint density at radius 3 is 2.24 bits per heavy atom. The van der Waals surface area contributed by atoms with Crippen molar-refractivity contribution in [2.24, 2.45) is 5.92 Å². The predicted molar refractivity (Wildman–Crippen MR) is 92.1 cm³/mol. The minimum absolute atomic E-state index is 0.0336. The SMILES string of the molecule is C=C(C(CC)C(=O)CCC)N(C)Cc1ccccc1.CC. The Kier molecular flexibility index (Phi) is 10.3. The highest BCUT2D eigenvalue weighted by Crippen LogP contribution is 2.21. The zero-order chi connectivity index (χ0) is 16.3. The summed E-state index contributed by atoms with van der Waals surface area (Å²) in [5.41, 5.74) is 2.17. The Bertz CT molecular complexity index is 411. The molecule has 118 valence electrons. The normalized spacial score (nSPS) is 11.1. The molecular formula is C19H31NO. The van der Waals surface area contributed by atoms with Gasteiger partial charge in [0.2, 0.25) is 0 Å². The van der Waals surface area contributed by atoms with E-state index in [4.69, 9.17) is 0 Å². The van der Waals surface area contributed by atoms with Crippen LogP contribution in [0.5, 0.6) is 0 Å². The molecule has 0 bridgehead atoms. The summed E-state index contributed by atoms with van der Waals surface area (Å²) in [6.45, 7) is 13.0. The lowest BCUT2D eigenvalue weighted by Gasteiger charge is -2.27. The largest absolute Gasteiger partial charge is 0.373 e. The Balaban J connectivity index is 0.00000191. The van der Waals surface area contributed by atoms with Gasteiger partial charge in [-0.25, -0.2) is 0 Å². The molecule has 0 radical (unpaired) electrons. The van der Waals surface area contributed by atoms with Crippen LogP contribution in [0, 0.1) is 5.92 Å². The summed E-state index contributed by atoms with van der Waals surface area (Å²) in [6.07, 6.45) is 2.39. The van der Waals surface area contributed by atoms with Crippen LogP contribution in [0.3, 0.4) is 0 Å². The Morgan fingerprint density at radius 1 is 1.19 bits per heavy atom. The number of carbonyl (C=O) groups is 1. The molecule has 21 heavy (non-hydrogen) atoms. The second-order valence-corrected chi connectivity index (χ2v) is 5.01. The molecule has 1 unspecified atom stereocenters. The van der Waals surface area contributed by atoms with Gasteiger partial charge in [0.15, 0.2) is 0 Å². The van der Waals surface area contributed by atoms with Gasteiger partial charge in [-0.15, -0.1) is 0 Å². The Morgan fingerprint density at radius 2 is 1.76 bits per heavy atom. The second kappa shape index (κ2) is 11.1. The fraction of sp³-hybridized carbons (Fsp3) is 0.526. The molecule has 0 aliphatic rings. The molecule has 0 saturated carbocycles. The fourth-order valence-corrected chi connectivity index (χ4v) is 2.29. The van der Waals surface area contributed by atoms with Crippen LogP contribution in [-0.2, 0) is 11.3 Å². The van der Waals surface area contributed by atoms with Crippen molar-refractivity contribution < 1.29 is 4.79 Å². The first kappa shape index (κ1) is 19.4. The summed E-state index contributed by atoms with van der Waals surface area (Å²) < 4.78 is 0. The molecule has 2 heteroatoms. The molecule has 0 aromatic heterocycles. The third-order valence-electron chi connectivity index (χ3n) is 3.45. The monoisotopic (exact) mass is 289 g/mol. The van der Waals surface area contributed by atoms with Crippen molar-refractivity contribution in [1.29, 1.82) is 0 Å². The molecule has 1 aromatic rings. The molecule has 1 rings (SSSR count). The first-order valence-corrected chi connectivity index (χ1v) is 8.06. The van der Waals surface area contributed by atoms with Crippen molar-refractivity contribution in [1.82, 2.24) is 4.90 Å². The first-order chi connectivity index (χ1) is 10.1. The highest BCUT2D eigenvalue weighted by atomic mass is 16.1. The van der Waals surface area contributed by atoms with Crippen LogP contribution in [0.1, 0.15) is 52.5 Å². The van der Waals surface area contributed by atoms with Gasteiger partial charge < -0.3 is 4.90 Å². The van der Waals surface area contributed by atoms with Gasteiger partial charge in [-0.3, -0.25) is 4.79 Å². The zero-order valence-corrected chi connectivity index (χ0v) is 14.4. The van der Waals surface area contributed by atoms with Crippen molar-refractivity contribution >= 4 is 5.78 Å². The van der Waals surface area contributed by atoms with Crippen LogP contribution < -0.4 is 0 Å². The van der Waals surface area contributed by atoms with Crippen LogP contribution in [0.25, 0.3) is 0 Å². The Hall–Kier alpha value is -1.57. The van der Waals surface area contributed by atoms with Gasteiger partial charge in [0.25, 0.3) is 0 Å². The van der Waals surface area contributed by atoms with E-state index >= 15 is 0 Å². The van der Waals surface area contributed by atoms with E-state index in [1.807, 2.05) is 46.0 Å². The molecule has 1 atom stereocenters. The van der Waals surface area contributed by atoms with E-state index in [1.54, 1.807) is 0 Å². The molecule has 1 aromatic carbocycles. The summed E-state index contributed by atoms with van der Waals surface area (Å²) >= 11 is 0. The van der Waals surface area contributed by atoms with E-state index in [1.165, 1.54) is 5.56 Å². The minimum Gasteiger partial charge on any atom is -0.373 e. The fourth-order valence-electron chi connectivity index (χ4n) is 2.29. The van der Waals surface area contributed by atoms with Crippen LogP contribution in [0.2, 0.25) is 0 Å². The van der Waals surface area contributed by atoms with Gasteiger partial charge >= 0.3 is 0 Å². The number of ketones is 1. The molecule has 0 N–H and O–H groups in total.